The average molecular weight is 268 g/mol. The van der Waals surface area contributed by atoms with Crippen LogP contribution in [0.25, 0.3) is 0 Å². The van der Waals surface area contributed by atoms with Crippen LogP contribution in [0, 0.1) is 5.41 Å². The number of carbonyl (C=O) groups excluding carboxylic acids is 1. The first-order chi connectivity index (χ1) is 9.01. The fourth-order valence-corrected chi connectivity index (χ4v) is 2.90. The molecular formula is C14H28N4O. The van der Waals surface area contributed by atoms with E-state index in [0.29, 0.717) is 5.91 Å². The summed E-state index contributed by atoms with van der Waals surface area (Å²) >= 11 is 0. The number of nitrogens with one attached hydrogen (secondary N) is 1. The maximum absolute atomic E-state index is 12.6. The third-order valence-electron chi connectivity index (χ3n) is 4.41. The number of nitrogens with zero attached hydrogens (tertiary/aromatic N) is 3. The number of amides is 1. The van der Waals surface area contributed by atoms with Crippen LogP contribution in [0.4, 0.5) is 0 Å². The highest BCUT2D eigenvalue weighted by Crippen LogP contribution is 2.27. The lowest BCUT2D eigenvalue weighted by molar-refractivity contribution is -0.142. The number of piperazine rings is 1. The Morgan fingerprint density at radius 2 is 1.95 bits per heavy atom. The molecule has 1 atom stereocenters. The molecule has 1 N–H and O–H groups in total. The van der Waals surface area contributed by atoms with Crippen molar-refractivity contribution in [1.82, 2.24) is 20.0 Å². The Labute approximate surface area is 116 Å². The Hall–Kier alpha value is -0.650. The molecule has 5 nitrogen and oxygen atoms in total. The van der Waals surface area contributed by atoms with Crippen LogP contribution in [0.5, 0.6) is 0 Å². The molecule has 0 aromatic rings. The standard InChI is InChI=1S/C14H28N4O/c1-14(4-5-15-12-14)13(19)18-10-8-17(9-11-18)7-6-16(2)3/h15H,4-12H2,1-3H3. The molecule has 1 amide bonds. The summed E-state index contributed by atoms with van der Waals surface area (Å²) in [7, 11) is 4.21. The zero-order valence-electron chi connectivity index (χ0n) is 12.6. The molecule has 2 saturated heterocycles. The molecule has 0 bridgehead atoms. The molecule has 2 aliphatic rings. The fraction of sp³-hybridized carbons (Fsp3) is 0.929. The van der Waals surface area contributed by atoms with Crippen molar-refractivity contribution in [1.29, 1.82) is 0 Å². The van der Waals surface area contributed by atoms with Crippen LogP contribution in [-0.2, 0) is 4.79 Å². The Bertz CT molecular complexity index is 305. The van der Waals surface area contributed by atoms with Crippen LogP contribution in [-0.4, -0.2) is 87.1 Å². The highest BCUT2D eigenvalue weighted by molar-refractivity contribution is 5.83. The molecule has 2 heterocycles. The number of likely N-dealkylation sites (N-methyl/N-ethyl adjacent to an activating group) is 1. The molecule has 19 heavy (non-hydrogen) atoms. The molecule has 0 aliphatic carbocycles. The second kappa shape index (κ2) is 6.20. The normalized spacial score (nSPS) is 29.2. The fourth-order valence-electron chi connectivity index (χ4n) is 2.90. The molecule has 5 heteroatoms. The molecule has 0 aromatic carbocycles. The van der Waals surface area contributed by atoms with Gasteiger partial charge in [-0.1, -0.05) is 0 Å². The first-order valence-corrected chi connectivity index (χ1v) is 7.38. The lowest BCUT2D eigenvalue weighted by Crippen LogP contribution is -2.53. The number of hydrogen-bond acceptors (Lipinski definition) is 4. The zero-order valence-corrected chi connectivity index (χ0v) is 12.6. The van der Waals surface area contributed by atoms with E-state index in [2.05, 4.69) is 41.0 Å². The maximum atomic E-state index is 12.6. The Morgan fingerprint density at radius 3 is 2.47 bits per heavy atom. The van der Waals surface area contributed by atoms with Crippen molar-refractivity contribution in [3.05, 3.63) is 0 Å². The quantitative estimate of drug-likeness (QED) is 0.759. The van der Waals surface area contributed by atoms with E-state index in [4.69, 9.17) is 0 Å². The minimum absolute atomic E-state index is 0.161. The third-order valence-corrected chi connectivity index (χ3v) is 4.41. The molecule has 0 spiro atoms. The summed E-state index contributed by atoms with van der Waals surface area (Å²) in [4.78, 5) is 19.3. The van der Waals surface area contributed by atoms with Crippen molar-refractivity contribution in [2.45, 2.75) is 13.3 Å². The minimum Gasteiger partial charge on any atom is -0.340 e. The van der Waals surface area contributed by atoms with Gasteiger partial charge in [0.15, 0.2) is 0 Å². The summed E-state index contributed by atoms with van der Waals surface area (Å²) in [6, 6.07) is 0. The SMILES string of the molecule is CN(C)CCN1CCN(C(=O)C2(C)CCNC2)CC1. The second-order valence-electron chi connectivity index (χ2n) is 6.42. The smallest absolute Gasteiger partial charge is 0.229 e. The van der Waals surface area contributed by atoms with Gasteiger partial charge in [0, 0.05) is 45.8 Å². The molecule has 0 saturated carbocycles. The summed E-state index contributed by atoms with van der Waals surface area (Å²) in [5, 5.41) is 3.31. The molecule has 1 unspecified atom stereocenters. The van der Waals surface area contributed by atoms with Crippen LogP contribution in [0.2, 0.25) is 0 Å². The summed E-state index contributed by atoms with van der Waals surface area (Å²) < 4.78 is 0. The van der Waals surface area contributed by atoms with E-state index in [1.807, 2.05) is 0 Å². The predicted molar refractivity (Wildman–Crippen MR) is 77.2 cm³/mol. The van der Waals surface area contributed by atoms with Gasteiger partial charge in [-0.05, 0) is 34.0 Å². The molecular weight excluding hydrogens is 240 g/mol. The van der Waals surface area contributed by atoms with Gasteiger partial charge in [-0.3, -0.25) is 9.69 Å². The van der Waals surface area contributed by atoms with E-state index in [1.165, 1.54) is 0 Å². The van der Waals surface area contributed by atoms with Gasteiger partial charge in [0.1, 0.15) is 0 Å². The summed E-state index contributed by atoms with van der Waals surface area (Å²) in [6.45, 7) is 9.94. The van der Waals surface area contributed by atoms with E-state index < -0.39 is 0 Å². The molecule has 2 fully saturated rings. The van der Waals surface area contributed by atoms with E-state index in [9.17, 15) is 4.79 Å². The number of hydrogen-bond donors (Lipinski definition) is 1. The van der Waals surface area contributed by atoms with Gasteiger partial charge in [-0.25, -0.2) is 0 Å². The van der Waals surface area contributed by atoms with Crippen molar-refractivity contribution in [2.75, 3.05) is 66.5 Å². The predicted octanol–water partition coefficient (Wildman–Crippen LogP) is -0.308. The molecule has 2 aliphatic heterocycles. The first-order valence-electron chi connectivity index (χ1n) is 7.38. The monoisotopic (exact) mass is 268 g/mol. The van der Waals surface area contributed by atoms with Crippen molar-refractivity contribution < 1.29 is 4.79 Å². The van der Waals surface area contributed by atoms with Gasteiger partial charge in [0.2, 0.25) is 5.91 Å². The van der Waals surface area contributed by atoms with Gasteiger partial charge in [-0.2, -0.15) is 0 Å². The largest absolute Gasteiger partial charge is 0.340 e. The van der Waals surface area contributed by atoms with Crippen LogP contribution in [0.3, 0.4) is 0 Å². The Morgan fingerprint density at radius 1 is 1.26 bits per heavy atom. The van der Waals surface area contributed by atoms with Crippen molar-refractivity contribution >= 4 is 5.91 Å². The third kappa shape index (κ3) is 3.68. The van der Waals surface area contributed by atoms with E-state index in [0.717, 1.165) is 58.8 Å². The summed E-state index contributed by atoms with van der Waals surface area (Å²) in [5.74, 6) is 0.352. The Kier molecular flexibility index (Phi) is 4.81. The number of carbonyl (C=O) groups is 1. The number of rotatable bonds is 4. The van der Waals surface area contributed by atoms with Gasteiger partial charge < -0.3 is 15.1 Å². The molecule has 2 rings (SSSR count). The maximum Gasteiger partial charge on any atom is 0.229 e. The Balaban J connectivity index is 1.78. The van der Waals surface area contributed by atoms with E-state index in [1.54, 1.807) is 0 Å². The van der Waals surface area contributed by atoms with Crippen LogP contribution in [0.15, 0.2) is 0 Å². The molecule has 0 radical (unpaired) electrons. The van der Waals surface area contributed by atoms with E-state index in [-0.39, 0.29) is 5.41 Å². The summed E-state index contributed by atoms with van der Waals surface area (Å²) in [5.41, 5.74) is -0.161. The zero-order chi connectivity index (χ0) is 13.9. The van der Waals surface area contributed by atoms with E-state index >= 15 is 0 Å². The topological polar surface area (TPSA) is 38.8 Å². The van der Waals surface area contributed by atoms with Crippen molar-refractivity contribution in [3.63, 3.8) is 0 Å². The van der Waals surface area contributed by atoms with Gasteiger partial charge >= 0.3 is 0 Å². The summed E-state index contributed by atoms with van der Waals surface area (Å²) in [6.07, 6.45) is 0.979. The van der Waals surface area contributed by atoms with Gasteiger partial charge in [-0.15, -0.1) is 0 Å². The van der Waals surface area contributed by atoms with Gasteiger partial charge in [0.05, 0.1) is 5.41 Å². The average Bonchev–Trinajstić information content (AvgIpc) is 2.84. The lowest BCUT2D eigenvalue weighted by atomic mass is 9.88. The molecule has 0 aromatic heterocycles. The first kappa shape index (κ1) is 14.8. The van der Waals surface area contributed by atoms with Crippen LogP contribution < -0.4 is 5.32 Å². The van der Waals surface area contributed by atoms with Crippen LogP contribution in [0.1, 0.15) is 13.3 Å². The van der Waals surface area contributed by atoms with Gasteiger partial charge in [0.25, 0.3) is 0 Å². The minimum atomic E-state index is -0.161. The molecule has 110 valence electrons. The van der Waals surface area contributed by atoms with Crippen molar-refractivity contribution in [2.24, 2.45) is 5.41 Å². The highest BCUT2D eigenvalue weighted by Gasteiger charge is 2.39. The second-order valence-corrected chi connectivity index (χ2v) is 6.42. The van der Waals surface area contributed by atoms with Crippen molar-refractivity contribution in [3.8, 4) is 0 Å². The highest BCUT2D eigenvalue weighted by atomic mass is 16.2. The van der Waals surface area contributed by atoms with Crippen LogP contribution >= 0.6 is 0 Å². The lowest BCUT2D eigenvalue weighted by Gasteiger charge is -2.38.